The number of ether oxygens (including phenoxy) is 2. The van der Waals surface area contributed by atoms with E-state index in [2.05, 4.69) is 5.32 Å². The monoisotopic (exact) mass is 357 g/mol. The predicted octanol–water partition coefficient (Wildman–Crippen LogP) is 3.63. The summed E-state index contributed by atoms with van der Waals surface area (Å²) >= 11 is 6.24. The summed E-state index contributed by atoms with van der Waals surface area (Å²) in [6, 6.07) is 17.2. The van der Waals surface area contributed by atoms with Crippen LogP contribution < -0.4 is 14.8 Å². The third-order valence-corrected chi connectivity index (χ3v) is 4.32. The second-order valence-electron chi connectivity index (χ2n) is 4.93. The van der Waals surface area contributed by atoms with E-state index < -0.39 is 0 Å². The van der Waals surface area contributed by atoms with Crippen molar-refractivity contribution < 1.29 is 14.3 Å². The van der Waals surface area contributed by atoms with Gasteiger partial charge < -0.3 is 14.8 Å². The third-order valence-electron chi connectivity index (χ3n) is 3.16. The lowest BCUT2D eigenvalue weighted by atomic mass is 10.2. The van der Waals surface area contributed by atoms with Crippen LogP contribution in [-0.4, -0.2) is 23.4 Å². The molecule has 24 heavy (non-hydrogen) atoms. The Bertz CT molecular complexity index is 775. The van der Waals surface area contributed by atoms with Crippen molar-refractivity contribution in [3.8, 4) is 11.5 Å². The van der Waals surface area contributed by atoms with Gasteiger partial charge in [0.05, 0.1) is 4.91 Å². The Morgan fingerprint density at radius 2 is 1.71 bits per heavy atom. The summed E-state index contributed by atoms with van der Waals surface area (Å²) in [5.74, 6) is 1.39. The van der Waals surface area contributed by atoms with Crippen LogP contribution in [0.1, 0.15) is 5.56 Å². The molecule has 1 aliphatic rings. The molecule has 0 saturated carbocycles. The zero-order valence-electron chi connectivity index (χ0n) is 12.7. The molecule has 1 saturated heterocycles. The van der Waals surface area contributed by atoms with Crippen LogP contribution in [0.5, 0.6) is 11.5 Å². The quantitative estimate of drug-likeness (QED) is 0.486. The van der Waals surface area contributed by atoms with Gasteiger partial charge in [-0.15, -0.1) is 0 Å². The van der Waals surface area contributed by atoms with E-state index >= 15 is 0 Å². The Labute approximate surface area is 149 Å². The summed E-state index contributed by atoms with van der Waals surface area (Å²) in [4.78, 5) is 12.3. The average molecular weight is 357 g/mol. The Kier molecular flexibility index (Phi) is 5.51. The average Bonchev–Trinajstić information content (AvgIpc) is 2.90. The standard InChI is InChI=1S/C18H15NO3S2/c20-17-16(24-18(23)19-17)12-13-5-4-8-15(11-13)22-10-9-21-14-6-2-1-3-7-14/h1-8,11-12H,9-10H2,(H,19,20,23)/b16-12-. The summed E-state index contributed by atoms with van der Waals surface area (Å²) in [5.41, 5.74) is 0.888. The van der Waals surface area contributed by atoms with Gasteiger partial charge in [0.25, 0.3) is 5.91 Å². The van der Waals surface area contributed by atoms with E-state index in [9.17, 15) is 4.79 Å². The molecule has 1 heterocycles. The highest BCUT2D eigenvalue weighted by Gasteiger charge is 2.21. The van der Waals surface area contributed by atoms with Gasteiger partial charge in [0, 0.05) is 0 Å². The molecule has 1 fully saturated rings. The Hall–Kier alpha value is -2.31. The molecule has 4 nitrogen and oxygen atoms in total. The molecule has 0 aromatic heterocycles. The first-order valence-corrected chi connectivity index (χ1v) is 8.59. The van der Waals surface area contributed by atoms with Crippen molar-refractivity contribution >= 4 is 40.3 Å². The number of carbonyl (C=O) groups excluding carboxylic acids is 1. The zero-order chi connectivity index (χ0) is 16.8. The van der Waals surface area contributed by atoms with Crippen LogP contribution in [0.3, 0.4) is 0 Å². The van der Waals surface area contributed by atoms with Crippen molar-refractivity contribution in [3.05, 3.63) is 65.1 Å². The van der Waals surface area contributed by atoms with Crippen molar-refractivity contribution in [2.45, 2.75) is 0 Å². The number of hydrogen-bond acceptors (Lipinski definition) is 5. The van der Waals surface area contributed by atoms with Crippen LogP contribution >= 0.6 is 24.0 Å². The van der Waals surface area contributed by atoms with Crippen molar-refractivity contribution in [2.75, 3.05) is 13.2 Å². The van der Waals surface area contributed by atoms with Gasteiger partial charge in [0.1, 0.15) is 29.0 Å². The number of benzene rings is 2. The van der Waals surface area contributed by atoms with Gasteiger partial charge >= 0.3 is 0 Å². The summed E-state index contributed by atoms with van der Waals surface area (Å²) in [6.45, 7) is 0.899. The lowest BCUT2D eigenvalue weighted by Gasteiger charge is -2.08. The van der Waals surface area contributed by atoms with E-state index in [0.29, 0.717) is 22.4 Å². The molecule has 0 radical (unpaired) electrons. The number of para-hydroxylation sites is 1. The molecule has 2 aromatic rings. The second kappa shape index (κ2) is 7.99. The highest BCUT2D eigenvalue weighted by atomic mass is 32.2. The van der Waals surface area contributed by atoms with Crippen molar-refractivity contribution in [3.63, 3.8) is 0 Å². The van der Waals surface area contributed by atoms with Crippen LogP contribution in [0.2, 0.25) is 0 Å². The molecular formula is C18H15NO3S2. The van der Waals surface area contributed by atoms with Crippen LogP contribution in [-0.2, 0) is 4.79 Å². The Morgan fingerprint density at radius 3 is 2.42 bits per heavy atom. The number of thioether (sulfide) groups is 1. The van der Waals surface area contributed by atoms with Crippen LogP contribution in [0, 0.1) is 0 Å². The Morgan fingerprint density at radius 1 is 1.00 bits per heavy atom. The highest BCUT2D eigenvalue weighted by Crippen LogP contribution is 2.26. The van der Waals surface area contributed by atoms with E-state index in [0.717, 1.165) is 17.1 Å². The number of rotatable bonds is 6. The predicted molar refractivity (Wildman–Crippen MR) is 100 cm³/mol. The fourth-order valence-electron chi connectivity index (χ4n) is 2.10. The SMILES string of the molecule is O=C1NC(=S)S/C1=C\c1cccc(OCCOc2ccccc2)c1. The van der Waals surface area contributed by atoms with Gasteiger partial charge in [0.2, 0.25) is 0 Å². The molecule has 0 aliphatic carbocycles. The van der Waals surface area contributed by atoms with Crippen molar-refractivity contribution in [1.82, 2.24) is 5.32 Å². The van der Waals surface area contributed by atoms with Crippen LogP contribution in [0.25, 0.3) is 6.08 Å². The number of carbonyl (C=O) groups is 1. The van der Waals surface area contributed by atoms with Gasteiger partial charge in [-0.25, -0.2) is 0 Å². The fourth-order valence-corrected chi connectivity index (χ4v) is 3.15. The molecule has 0 spiro atoms. The second-order valence-corrected chi connectivity index (χ2v) is 6.65. The number of nitrogens with one attached hydrogen (secondary N) is 1. The number of amides is 1. The lowest BCUT2D eigenvalue weighted by Crippen LogP contribution is -2.17. The fraction of sp³-hybridized carbons (Fsp3) is 0.111. The summed E-state index contributed by atoms with van der Waals surface area (Å²) in [5, 5.41) is 2.60. The molecule has 0 atom stereocenters. The molecule has 0 bridgehead atoms. The van der Waals surface area contributed by atoms with Gasteiger partial charge in [-0.05, 0) is 35.9 Å². The molecule has 1 aliphatic heterocycles. The minimum atomic E-state index is -0.160. The summed E-state index contributed by atoms with van der Waals surface area (Å²) in [6.07, 6.45) is 1.80. The van der Waals surface area contributed by atoms with E-state index in [-0.39, 0.29) is 5.91 Å². The third kappa shape index (κ3) is 4.59. The minimum absolute atomic E-state index is 0.160. The zero-order valence-corrected chi connectivity index (χ0v) is 14.4. The molecule has 122 valence electrons. The maximum atomic E-state index is 11.7. The van der Waals surface area contributed by atoms with E-state index in [4.69, 9.17) is 21.7 Å². The molecule has 6 heteroatoms. The van der Waals surface area contributed by atoms with Crippen molar-refractivity contribution in [2.24, 2.45) is 0 Å². The van der Waals surface area contributed by atoms with Crippen molar-refractivity contribution in [1.29, 1.82) is 0 Å². The van der Waals surface area contributed by atoms with E-state index in [1.54, 1.807) is 6.08 Å². The van der Waals surface area contributed by atoms with Crippen LogP contribution in [0.4, 0.5) is 0 Å². The smallest absolute Gasteiger partial charge is 0.263 e. The summed E-state index contributed by atoms with van der Waals surface area (Å²) < 4.78 is 11.8. The molecule has 3 rings (SSSR count). The topological polar surface area (TPSA) is 47.6 Å². The molecule has 0 unspecified atom stereocenters. The van der Waals surface area contributed by atoms with E-state index in [1.165, 1.54) is 11.8 Å². The molecule has 1 N–H and O–H groups in total. The molecule has 2 aromatic carbocycles. The number of hydrogen-bond donors (Lipinski definition) is 1. The molecule has 1 amide bonds. The van der Waals surface area contributed by atoms with Crippen LogP contribution in [0.15, 0.2) is 59.5 Å². The number of thiocarbonyl (C=S) groups is 1. The normalized spacial score (nSPS) is 15.4. The first-order valence-electron chi connectivity index (χ1n) is 7.36. The molecular weight excluding hydrogens is 342 g/mol. The summed E-state index contributed by atoms with van der Waals surface area (Å²) in [7, 11) is 0. The Balaban J connectivity index is 1.55. The minimum Gasteiger partial charge on any atom is -0.490 e. The van der Waals surface area contributed by atoms with Gasteiger partial charge in [-0.3, -0.25) is 4.79 Å². The first-order chi connectivity index (χ1) is 11.7. The maximum Gasteiger partial charge on any atom is 0.263 e. The van der Waals surface area contributed by atoms with Gasteiger partial charge in [-0.1, -0.05) is 54.3 Å². The van der Waals surface area contributed by atoms with Gasteiger partial charge in [-0.2, -0.15) is 0 Å². The van der Waals surface area contributed by atoms with Gasteiger partial charge in [0.15, 0.2) is 0 Å². The maximum absolute atomic E-state index is 11.7. The highest BCUT2D eigenvalue weighted by molar-refractivity contribution is 8.26. The largest absolute Gasteiger partial charge is 0.490 e. The first kappa shape index (κ1) is 16.5. The lowest BCUT2D eigenvalue weighted by molar-refractivity contribution is -0.115. The van der Waals surface area contributed by atoms with E-state index in [1.807, 2.05) is 54.6 Å².